The number of nitrogens with one attached hydrogen (secondary N) is 1. The molecule has 3 heteroatoms. The standard InChI is InChI=1S/C22H19NO2/c24-22-19-14-8-7-13-18(19)21(25-22)20(17-11-5-2-6-12-17)23-15-16-9-3-1-4-10-16/h1-14,20-21,23H,15H2. The first-order valence-electron chi connectivity index (χ1n) is 8.45. The third-order valence-electron chi connectivity index (χ3n) is 4.55. The van der Waals surface area contributed by atoms with E-state index in [0.717, 1.165) is 11.1 Å². The highest BCUT2D eigenvalue weighted by atomic mass is 16.5. The van der Waals surface area contributed by atoms with E-state index in [9.17, 15) is 4.79 Å². The molecule has 0 spiro atoms. The van der Waals surface area contributed by atoms with Gasteiger partial charge in [-0.15, -0.1) is 0 Å². The summed E-state index contributed by atoms with van der Waals surface area (Å²) in [5.41, 5.74) is 3.91. The fourth-order valence-corrected chi connectivity index (χ4v) is 3.30. The van der Waals surface area contributed by atoms with Gasteiger partial charge in [-0.05, 0) is 17.2 Å². The number of fused-ring (bicyclic) bond motifs is 1. The Kier molecular flexibility index (Phi) is 4.32. The first kappa shape index (κ1) is 15.6. The second-order valence-corrected chi connectivity index (χ2v) is 6.17. The first-order chi connectivity index (χ1) is 12.3. The number of benzene rings is 3. The minimum Gasteiger partial charge on any atom is -0.452 e. The number of ether oxygens (including phenoxy) is 1. The average Bonchev–Trinajstić information content (AvgIpc) is 3.01. The molecule has 0 amide bonds. The molecule has 1 N–H and O–H groups in total. The second-order valence-electron chi connectivity index (χ2n) is 6.17. The molecule has 0 saturated heterocycles. The molecule has 0 aromatic heterocycles. The number of hydrogen-bond acceptors (Lipinski definition) is 3. The van der Waals surface area contributed by atoms with E-state index < -0.39 is 0 Å². The first-order valence-corrected chi connectivity index (χ1v) is 8.45. The van der Waals surface area contributed by atoms with Crippen molar-refractivity contribution in [3.8, 4) is 0 Å². The van der Waals surface area contributed by atoms with E-state index in [0.29, 0.717) is 12.1 Å². The monoisotopic (exact) mass is 329 g/mol. The van der Waals surface area contributed by atoms with Crippen LogP contribution in [0.4, 0.5) is 0 Å². The minimum absolute atomic E-state index is 0.103. The van der Waals surface area contributed by atoms with E-state index in [1.165, 1.54) is 5.56 Å². The molecule has 25 heavy (non-hydrogen) atoms. The van der Waals surface area contributed by atoms with E-state index in [2.05, 4.69) is 29.6 Å². The summed E-state index contributed by atoms with van der Waals surface area (Å²) in [6.07, 6.45) is -0.324. The number of carbonyl (C=O) groups is 1. The van der Waals surface area contributed by atoms with Crippen LogP contribution in [0.25, 0.3) is 0 Å². The molecule has 2 atom stereocenters. The molecule has 3 aromatic carbocycles. The van der Waals surface area contributed by atoms with Crippen molar-refractivity contribution < 1.29 is 9.53 Å². The van der Waals surface area contributed by atoms with Gasteiger partial charge in [-0.25, -0.2) is 4.79 Å². The van der Waals surface area contributed by atoms with Crippen LogP contribution in [0.2, 0.25) is 0 Å². The fourth-order valence-electron chi connectivity index (χ4n) is 3.30. The highest BCUT2D eigenvalue weighted by molar-refractivity contribution is 5.94. The lowest BCUT2D eigenvalue weighted by atomic mass is 9.94. The maximum Gasteiger partial charge on any atom is 0.339 e. The molecular weight excluding hydrogens is 310 g/mol. The summed E-state index contributed by atoms with van der Waals surface area (Å²) < 4.78 is 5.74. The van der Waals surface area contributed by atoms with Crippen molar-refractivity contribution >= 4 is 5.97 Å². The molecule has 124 valence electrons. The third kappa shape index (κ3) is 3.19. The van der Waals surface area contributed by atoms with Crippen molar-refractivity contribution in [2.75, 3.05) is 0 Å². The lowest BCUT2D eigenvalue weighted by Gasteiger charge is -2.25. The van der Waals surface area contributed by atoms with Crippen LogP contribution in [0.15, 0.2) is 84.9 Å². The smallest absolute Gasteiger partial charge is 0.339 e. The molecule has 1 heterocycles. The van der Waals surface area contributed by atoms with Crippen LogP contribution in [0.1, 0.15) is 39.2 Å². The molecule has 0 bridgehead atoms. The van der Waals surface area contributed by atoms with Crippen LogP contribution in [0.5, 0.6) is 0 Å². The number of hydrogen-bond donors (Lipinski definition) is 1. The van der Waals surface area contributed by atoms with E-state index in [4.69, 9.17) is 4.74 Å². The Hall–Kier alpha value is -2.91. The van der Waals surface area contributed by atoms with Crippen LogP contribution in [0.3, 0.4) is 0 Å². The van der Waals surface area contributed by atoms with E-state index in [-0.39, 0.29) is 18.1 Å². The fraction of sp³-hybridized carbons (Fsp3) is 0.136. The van der Waals surface area contributed by atoms with Gasteiger partial charge >= 0.3 is 5.97 Å². The molecule has 1 aliphatic heterocycles. The predicted octanol–water partition coefficient (Wildman–Crippen LogP) is 4.43. The van der Waals surface area contributed by atoms with Gasteiger partial charge in [0.1, 0.15) is 6.10 Å². The highest BCUT2D eigenvalue weighted by Crippen LogP contribution is 2.39. The van der Waals surface area contributed by atoms with E-state index in [1.807, 2.05) is 60.7 Å². The zero-order valence-electron chi connectivity index (χ0n) is 13.8. The van der Waals surface area contributed by atoms with Crippen LogP contribution in [-0.2, 0) is 11.3 Å². The Morgan fingerprint density at radius 1 is 0.840 bits per heavy atom. The van der Waals surface area contributed by atoms with E-state index in [1.54, 1.807) is 0 Å². The molecule has 0 saturated carbocycles. The third-order valence-corrected chi connectivity index (χ3v) is 4.55. The zero-order valence-corrected chi connectivity index (χ0v) is 13.8. The Bertz CT molecular complexity index is 861. The molecule has 2 unspecified atom stereocenters. The van der Waals surface area contributed by atoms with Gasteiger partial charge < -0.3 is 10.1 Å². The van der Waals surface area contributed by atoms with Crippen molar-refractivity contribution in [2.45, 2.75) is 18.7 Å². The van der Waals surface area contributed by atoms with Gasteiger partial charge in [-0.2, -0.15) is 0 Å². The summed E-state index contributed by atoms with van der Waals surface area (Å²) in [5.74, 6) is -0.247. The van der Waals surface area contributed by atoms with Crippen molar-refractivity contribution in [3.05, 3.63) is 107 Å². The molecule has 0 aliphatic carbocycles. The van der Waals surface area contributed by atoms with Gasteiger partial charge in [-0.1, -0.05) is 78.9 Å². The lowest BCUT2D eigenvalue weighted by molar-refractivity contribution is 0.0290. The summed E-state index contributed by atoms with van der Waals surface area (Å²) in [7, 11) is 0. The zero-order chi connectivity index (χ0) is 17.1. The van der Waals surface area contributed by atoms with Crippen LogP contribution < -0.4 is 5.32 Å². The van der Waals surface area contributed by atoms with Crippen molar-refractivity contribution in [2.24, 2.45) is 0 Å². The summed E-state index contributed by atoms with van der Waals surface area (Å²) in [6, 6.07) is 27.9. The topological polar surface area (TPSA) is 38.3 Å². The second kappa shape index (κ2) is 6.91. The van der Waals surface area contributed by atoms with Crippen LogP contribution in [0, 0.1) is 0 Å². The van der Waals surface area contributed by atoms with Crippen molar-refractivity contribution in [1.82, 2.24) is 5.32 Å². The molecule has 4 rings (SSSR count). The molecule has 1 aliphatic rings. The van der Waals surface area contributed by atoms with Gasteiger partial charge in [0.2, 0.25) is 0 Å². The maximum absolute atomic E-state index is 12.2. The molecule has 0 radical (unpaired) electrons. The summed E-state index contributed by atoms with van der Waals surface area (Å²) in [4.78, 5) is 12.2. The maximum atomic E-state index is 12.2. The van der Waals surface area contributed by atoms with Gasteiger partial charge in [0.15, 0.2) is 0 Å². The van der Waals surface area contributed by atoms with Gasteiger partial charge in [0.05, 0.1) is 11.6 Å². The molecule has 3 nitrogen and oxygen atoms in total. The Morgan fingerprint density at radius 3 is 2.24 bits per heavy atom. The van der Waals surface area contributed by atoms with Crippen molar-refractivity contribution in [1.29, 1.82) is 0 Å². The van der Waals surface area contributed by atoms with Crippen molar-refractivity contribution in [3.63, 3.8) is 0 Å². The SMILES string of the molecule is O=C1OC(C(NCc2ccccc2)c2ccccc2)c2ccccc21. The molecule has 0 fully saturated rings. The quantitative estimate of drug-likeness (QED) is 0.704. The highest BCUT2D eigenvalue weighted by Gasteiger charge is 2.36. The summed E-state index contributed by atoms with van der Waals surface area (Å²) in [6.45, 7) is 0.705. The minimum atomic E-state index is -0.324. The summed E-state index contributed by atoms with van der Waals surface area (Å²) in [5, 5.41) is 3.58. The Labute approximate surface area is 147 Å². The predicted molar refractivity (Wildman–Crippen MR) is 97.1 cm³/mol. The Balaban J connectivity index is 1.66. The van der Waals surface area contributed by atoms with Gasteiger partial charge in [-0.3, -0.25) is 0 Å². The van der Waals surface area contributed by atoms with E-state index >= 15 is 0 Å². The lowest BCUT2D eigenvalue weighted by Crippen LogP contribution is -2.27. The number of cyclic esters (lactones) is 1. The van der Waals surface area contributed by atoms with Crippen LogP contribution in [-0.4, -0.2) is 5.97 Å². The Morgan fingerprint density at radius 2 is 1.48 bits per heavy atom. The molecular formula is C22H19NO2. The van der Waals surface area contributed by atoms with Gasteiger partial charge in [0.25, 0.3) is 0 Å². The largest absolute Gasteiger partial charge is 0.452 e. The van der Waals surface area contributed by atoms with Crippen LogP contribution >= 0.6 is 0 Å². The number of rotatable bonds is 5. The van der Waals surface area contributed by atoms with Gasteiger partial charge in [0, 0.05) is 12.1 Å². The molecule has 3 aromatic rings. The average molecular weight is 329 g/mol. The summed E-state index contributed by atoms with van der Waals surface area (Å²) >= 11 is 0. The number of esters is 1. The normalized spacial score (nSPS) is 17.0. The number of carbonyl (C=O) groups excluding carboxylic acids is 1.